The van der Waals surface area contributed by atoms with Crippen molar-refractivity contribution in [1.29, 1.82) is 0 Å². The van der Waals surface area contributed by atoms with Crippen molar-refractivity contribution in [3.05, 3.63) is 58.7 Å². The zero-order valence-electron chi connectivity index (χ0n) is 21.9. The number of hydrogen-bond acceptors (Lipinski definition) is 7. The van der Waals surface area contributed by atoms with E-state index in [0.29, 0.717) is 31.5 Å². The average Bonchev–Trinajstić information content (AvgIpc) is 3.14. The number of piperidine rings is 1. The fourth-order valence-electron chi connectivity index (χ4n) is 6.08. The minimum absolute atomic E-state index is 0.269. The maximum Gasteiger partial charge on any atom is 0.253 e. The maximum atomic E-state index is 12.7. The molecular weight excluding hydrogens is 486 g/mol. The van der Waals surface area contributed by atoms with Gasteiger partial charge in [0.15, 0.2) is 0 Å². The Morgan fingerprint density at radius 3 is 2.29 bits per heavy atom. The number of fused-ring (bicyclic) bond motifs is 5. The molecule has 202 valence electrons. The second-order valence-corrected chi connectivity index (χ2v) is 11.3. The first-order valence-corrected chi connectivity index (χ1v) is 13.1. The topological polar surface area (TPSA) is 131 Å². The van der Waals surface area contributed by atoms with Crippen molar-refractivity contribution in [2.75, 3.05) is 19.7 Å². The van der Waals surface area contributed by atoms with E-state index >= 15 is 0 Å². The predicted octanol–water partition coefficient (Wildman–Crippen LogP) is 0.849. The summed E-state index contributed by atoms with van der Waals surface area (Å²) in [7, 11) is 0. The quantitative estimate of drug-likeness (QED) is 0.371. The van der Waals surface area contributed by atoms with E-state index in [1.807, 2.05) is 12.1 Å². The number of nitrogens with zero attached hydrogens (tertiary/aromatic N) is 1. The number of carbonyl (C=O) groups is 1. The molecule has 5 atom stereocenters. The van der Waals surface area contributed by atoms with Gasteiger partial charge in [-0.3, -0.25) is 4.79 Å². The molecule has 0 radical (unpaired) electrons. The summed E-state index contributed by atoms with van der Waals surface area (Å²) in [5.41, 5.74) is 4.82. The first-order valence-electron chi connectivity index (χ1n) is 13.1. The van der Waals surface area contributed by atoms with Crippen molar-refractivity contribution in [2.45, 2.75) is 75.1 Å². The van der Waals surface area contributed by atoms with Gasteiger partial charge >= 0.3 is 0 Å². The fourth-order valence-corrected chi connectivity index (χ4v) is 6.08. The molecule has 0 bridgehead atoms. The molecule has 8 nitrogen and oxygen atoms in total. The highest BCUT2D eigenvalue weighted by Gasteiger charge is 2.47. The van der Waals surface area contributed by atoms with E-state index in [4.69, 9.17) is 4.74 Å². The van der Waals surface area contributed by atoms with Gasteiger partial charge in [-0.1, -0.05) is 41.7 Å². The van der Waals surface area contributed by atoms with E-state index in [9.17, 15) is 30.3 Å². The summed E-state index contributed by atoms with van der Waals surface area (Å²) >= 11 is 0. The summed E-state index contributed by atoms with van der Waals surface area (Å²) in [6.07, 6.45) is -4.97. The summed E-state index contributed by atoms with van der Waals surface area (Å²) in [5, 5.41) is 50.2. The Bertz CT molecular complexity index is 1290. The van der Waals surface area contributed by atoms with Gasteiger partial charge < -0.3 is 35.2 Å². The summed E-state index contributed by atoms with van der Waals surface area (Å²) in [5.74, 6) is 5.65. The molecule has 3 aliphatic rings. The number of rotatable bonds is 2. The van der Waals surface area contributed by atoms with Gasteiger partial charge in [0.25, 0.3) is 5.91 Å². The van der Waals surface area contributed by atoms with Crippen molar-refractivity contribution in [3.63, 3.8) is 0 Å². The molecule has 2 heterocycles. The monoisotopic (exact) mass is 521 g/mol. The van der Waals surface area contributed by atoms with E-state index in [-0.39, 0.29) is 11.3 Å². The van der Waals surface area contributed by atoms with Gasteiger partial charge in [0.2, 0.25) is 0 Å². The highest BCUT2D eigenvalue weighted by Crippen LogP contribution is 2.54. The largest absolute Gasteiger partial charge is 0.394 e. The second kappa shape index (κ2) is 9.76. The Morgan fingerprint density at radius 2 is 1.66 bits per heavy atom. The molecule has 2 fully saturated rings. The molecule has 38 heavy (non-hydrogen) atoms. The minimum atomic E-state index is -1.47. The molecule has 2 aliphatic heterocycles. The van der Waals surface area contributed by atoms with Crippen LogP contribution in [-0.2, 0) is 14.9 Å². The lowest BCUT2D eigenvalue weighted by atomic mass is 9.70. The highest BCUT2D eigenvalue weighted by molar-refractivity contribution is 5.85. The number of amides is 1. The standard InChI is InChI=1S/C30H35NO7/c1-17-4-7-19-20-8-5-18(6-9-23-25(33)27(35)26(34)24(16-32)38-23)15-22(20)30(21(19)14-17)10-12-31(13-11-30)28(36)29(2,3)37/h4-5,7-8,14-15,23-27,32-35,37H,10-13,16H2,1-3H3/t23-,24-,25-,26-,27-/m1/s1. The van der Waals surface area contributed by atoms with Crippen LogP contribution < -0.4 is 0 Å². The van der Waals surface area contributed by atoms with Gasteiger partial charge in [-0.25, -0.2) is 0 Å². The molecule has 0 unspecified atom stereocenters. The molecule has 2 saturated heterocycles. The third kappa shape index (κ3) is 4.43. The van der Waals surface area contributed by atoms with Crippen LogP contribution in [0.15, 0.2) is 36.4 Å². The molecule has 0 saturated carbocycles. The summed E-state index contributed by atoms with van der Waals surface area (Å²) in [6, 6.07) is 12.5. The number of ether oxygens (including phenoxy) is 1. The van der Waals surface area contributed by atoms with Crippen LogP contribution in [0.2, 0.25) is 0 Å². The van der Waals surface area contributed by atoms with Crippen LogP contribution in [0, 0.1) is 18.8 Å². The molecule has 0 aromatic heterocycles. The Kier molecular flexibility index (Phi) is 6.89. The molecule has 1 spiro atoms. The maximum absolute atomic E-state index is 12.7. The third-order valence-corrected chi connectivity index (χ3v) is 8.19. The van der Waals surface area contributed by atoms with Crippen LogP contribution in [0.5, 0.6) is 0 Å². The zero-order valence-corrected chi connectivity index (χ0v) is 21.9. The Labute approximate surface area is 222 Å². The number of carbonyl (C=O) groups excluding carboxylic acids is 1. The van der Waals surface area contributed by atoms with Crippen molar-refractivity contribution in [1.82, 2.24) is 4.90 Å². The fraction of sp³-hybridized carbons (Fsp3) is 0.500. The van der Waals surface area contributed by atoms with Crippen molar-refractivity contribution < 1.29 is 35.1 Å². The van der Waals surface area contributed by atoms with Crippen LogP contribution in [-0.4, -0.2) is 92.2 Å². The lowest BCUT2D eigenvalue weighted by Gasteiger charge is -2.42. The molecule has 5 N–H and O–H groups in total. The van der Waals surface area contributed by atoms with Gasteiger partial charge in [-0.15, -0.1) is 0 Å². The van der Waals surface area contributed by atoms with Crippen LogP contribution >= 0.6 is 0 Å². The van der Waals surface area contributed by atoms with E-state index in [2.05, 4.69) is 43.0 Å². The van der Waals surface area contributed by atoms with Crippen LogP contribution in [0.25, 0.3) is 11.1 Å². The number of benzene rings is 2. The number of aryl methyl sites for hydroxylation is 1. The summed E-state index contributed by atoms with van der Waals surface area (Å²) in [4.78, 5) is 14.5. The summed E-state index contributed by atoms with van der Waals surface area (Å²) < 4.78 is 5.54. The van der Waals surface area contributed by atoms with Gasteiger partial charge in [0, 0.05) is 24.1 Å². The van der Waals surface area contributed by atoms with Gasteiger partial charge in [-0.05, 0) is 68.0 Å². The number of aliphatic hydroxyl groups excluding tert-OH is 4. The molecule has 8 heteroatoms. The lowest BCUT2D eigenvalue weighted by Crippen LogP contribution is -2.58. The number of likely N-dealkylation sites (tertiary alicyclic amines) is 1. The van der Waals surface area contributed by atoms with Crippen LogP contribution in [0.1, 0.15) is 48.9 Å². The molecule has 2 aromatic carbocycles. The van der Waals surface area contributed by atoms with E-state index < -0.39 is 42.7 Å². The van der Waals surface area contributed by atoms with Gasteiger partial charge in [0.05, 0.1) is 6.61 Å². The second-order valence-electron chi connectivity index (χ2n) is 11.3. The predicted molar refractivity (Wildman–Crippen MR) is 140 cm³/mol. The average molecular weight is 522 g/mol. The zero-order chi connectivity index (χ0) is 27.4. The van der Waals surface area contributed by atoms with Gasteiger partial charge in [-0.2, -0.15) is 0 Å². The molecule has 1 aliphatic carbocycles. The first kappa shape index (κ1) is 26.8. The van der Waals surface area contributed by atoms with E-state index in [1.165, 1.54) is 25.0 Å². The normalized spacial score (nSPS) is 27.9. The van der Waals surface area contributed by atoms with E-state index in [1.54, 1.807) is 4.90 Å². The van der Waals surface area contributed by atoms with E-state index in [0.717, 1.165) is 16.7 Å². The Morgan fingerprint density at radius 1 is 1.03 bits per heavy atom. The van der Waals surface area contributed by atoms with Crippen LogP contribution in [0.3, 0.4) is 0 Å². The van der Waals surface area contributed by atoms with Crippen LogP contribution in [0.4, 0.5) is 0 Å². The first-order chi connectivity index (χ1) is 18.0. The van der Waals surface area contributed by atoms with Crippen molar-refractivity contribution in [3.8, 4) is 23.0 Å². The third-order valence-electron chi connectivity index (χ3n) is 8.19. The summed E-state index contributed by atoms with van der Waals surface area (Å²) in [6.45, 7) is 5.65. The lowest BCUT2D eigenvalue weighted by molar-refractivity contribution is -0.214. The van der Waals surface area contributed by atoms with Crippen molar-refractivity contribution in [2.24, 2.45) is 0 Å². The number of aliphatic hydroxyl groups is 5. The molecule has 2 aromatic rings. The molecular formula is C30H35NO7. The molecule has 1 amide bonds. The van der Waals surface area contributed by atoms with Gasteiger partial charge in [0.1, 0.15) is 36.1 Å². The Balaban J connectivity index is 1.49. The Hall–Kier alpha value is -2.77. The number of hydrogen-bond donors (Lipinski definition) is 5. The molecule has 5 rings (SSSR count). The smallest absolute Gasteiger partial charge is 0.253 e. The SMILES string of the molecule is Cc1ccc2c(c1)C1(CCN(C(=O)C(C)(C)O)CC1)c1cc(C#C[C@H]3O[C@H](CO)[C@@H](O)[C@H](O)[C@@H]3O)ccc1-2. The van der Waals surface area contributed by atoms with Crippen molar-refractivity contribution >= 4 is 5.91 Å². The minimum Gasteiger partial charge on any atom is -0.394 e. The highest BCUT2D eigenvalue weighted by atomic mass is 16.5.